The van der Waals surface area contributed by atoms with Crippen molar-refractivity contribution in [3.63, 3.8) is 0 Å². The molecule has 2 aromatic rings. The van der Waals surface area contributed by atoms with Crippen LogP contribution in [0.3, 0.4) is 0 Å². The normalized spacial score (nSPS) is 31.0. The Kier molecular flexibility index (Phi) is 4.21. The van der Waals surface area contributed by atoms with Gasteiger partial charge in [-0.25, -0.2) is 4.98 Å². The van der Waals surface area contributed by atoms with Gasteiger partial charge in [0.2, 0.25) is 0 Å². The molecule has 4 bridgehead atoms. The van der Waals surface area contributed by atoms with Crippen LogP contribution in [0.1, 0.15) is 54.8 Å². The second-order valence-electron chi connectivity index (χ2n) is 8.80. The maximum Gasteiger partial charge on any atom is 0.165 e. The molecule has 0 saturated heterocycles. The minimum Gasteiger partial charge on any atom is -0.504 e. The van der Waals surface area contributed by atoms with Crippen molar-refractivity contribution in [2.24, 2.45) is 17.8 Å². The van der Waals surface area contributed by atoms with E-state index in [0.29, 0.717) is 16.9 Å². The van der Waals surface area contributed by atoms with Gasteiger partial charge < -0.3 is 9.84 Å². The summed E-state index contributed by atoms with van der Waals surface area (Å²) in [6.07, 6.45) is 9.75. The van der Waals surface area contributed by atoms with E-state index in [9.17, 15) is 10.4 Å². The van der Waals surface area contributed by atoms with Crippen molar-refractivity contribution in [2.75, 3.05) is 7.11 Å². The Balaban J connectivity index is 1.48. The van der Waals surface area contributed by atoms with Gasteiger partial charge >= 0.3 is 0 Å². The molecule has 1 heterocycles. The molecule has 28 heavy (non-hydrogen) atoms. The summed E-state index contributed by atoms with van der Waals surface area (Å²) in [5.74, 6) is 3.07. The van der Waals surface area contributed by atoms with Crippen molar-refractivity contribution in [3.05, 3.63) is 39.8 Å². The van der Waals surface area contributed by atoms with E-state index in [1.165, 1.54) is 51.3 Å². The summed E-state index contributed by atoms with van der Waals surface area (Å²) in [4.78, 5) is 4.95. The lowest BCUT2D eigenvalue weighted by atomic mass is 9.49. The molecule has 1 aromatic heterocycles. The van der Waals surface area contributed by atoms with Gasteiger partial charge in [0.15, 0.2) is 11.5 Å². The molecule has 4 aliphatic carbocycles. The summed E-state index contributed by atoms with van der Waals surface area (Å²) < 4.78 is 5.17. The van der Waals surface area contributed by atoms with E-state index in [1.807, 2.05) is 6.07 Å². The quantitative estimate of drug-likeness (QED) is 0.709. The van der Waals surface area contributed by atoms with Crippen molar-refractivity contribution in [2.45, 2.75) is 43.9 Å². The fourth-order valence-corrected chi connectivity index (χ4v) is 7.09. The standard InChI is InChI=1S/C23H24N2O2S/c1-27-19-4-2-3-17(21(19)26)8-18(12-24)22-25-20(13-28-22)23-9-14-5-15(10-23)7-16(6-14)11-23/h2-4,8,13-16,26H,5-7,9-11H2,1H3/b18-8+. The van der Waals surface area contributed by atoms with Crippen molar-refractivity contribution in [1.82, 2.24) is 4.98 Å². The summed E-state index contributed by atoms with van der Waals surface area (Å²) in [5, 5.41) is 23.0. The fourth-order valence-electron chi connectivity index (χ4n) is 6.18. The number of ether oxygens (including phenoxy) is 1. The average molecular weight is 393 g/mol. The van der Waals surface area contributed by atoms with Crippen molar-refractivity contribution in [1.29, 1.82) is 5.26 Å². The van der Waals surface area contributed by atoms with Gasteiger partial charge in [0.05, 0.1) is 18.4 Å². The van der Waals surface area contributed by atoms with E-state index in [4.69, 9.17) is 9.72 Å². The highest BCUT2D eigenvalue weighted by molar-refractivity contribution is 7.11. The van der Waals surface area contributed by atoms with Crippen LogP contribution < -0.4 is 4.74 Å². The summed E-state index contributed by atoms with van der Waals surface area (Å²) in [5.41, 5.74) is 2.50. The second-order valence-corrected chi connectivity index (χ2v) is 9.66. The molecule has 1 aromatic carbocycles. The lowest BCUT2D eigenvalue weighted by Crippen LogP contribution is -2.48. The number of aromatic nitrogens is 1. The van der Waals surface area contributed by atoms with Gasteiger partial charge in [-0.05, 0) is 68.4 Å². The summed E-state index contributed by atoms with van der Waals surface area (Å²) in [6, 6.07) is 7.57. The molecule has 144 valence electrons. The van der Waals surface area contributed by atoms with E-state index in [0.717, 1.165) is 22.8 Å². The molecule has 0 amide bonds. The highest BCUT2D eigenvalue weighted by Crippen LogP contribution is 2.60. The molecule has 0 atom stereocenters. The first-order chi connectivity index (χ1) is 13.6. The number of benzene rings is 1. The zero-order valence-electron chi connectivity index (χ0n) is 16.0. The van der Waals surface area contributed by atoms with Crippen LogP contribution in [0.5, 0.6) is 11.5 Å². The van der Waals surface area contributed by atoms with Crippen LogP contribution in [-0.2, 0) is 5.41 Å². The SMILES string of the molecule is COc1cccc(/C=C(\C#N)c2nc(C34CC5CC(CC(C5)C3)C4)cs2)c1O. The Morgan fingerprint density at radius 1 is 1.25 bits per heavy atom. The zero-order valence-corrected chi connectivity index (χ0v) is 16.8. The lowest BCUT2D eigenvalue weighted by molar-refractivity contribution is -0.00694. The Morgan fingerprint density at radius 3 is 2.54 bits per heavy atom. The first-order valence-electron chi connectivity index (χ1n) is 10.0. The summed E-state index contributed by atoms with van der Waals surface area (Å²) in [7, 11) is 1.52. The molecule has 6 rings (SSSR count). The van der Waals surface area contributed by atoms with Crippen molar-refractivity contribution < 1.29 is 9.84 Å². The molecule has 4 saturated carbocycles. The number of nitrogens with zero attached hydrogens (tertiary/aromatic N) is 2. The lowest BCUT2D eigenvalue weighted by Gasteiger charge is -2.56. The molecule has 0 radical (unpaired) electrons. The smallest absolute Gasteiger partial charge is 0.165 e. The highest BCUT2D eigenvalue weighted by atomic mass is 32.1. The van der Waals surface area contributed by atoms with E-state index in [-0.39, 0.29) is 11.2 Å². The van der Waals surface area contributed by atoms with E-state index < -0.39 is 0 Å². The molecular weight excluding hydrogens is 368 g/mol. The number of rotatable bonds is 4. The average Bonchev–Trinajstić information content (AvgIpc) is 3.17. The molecule has 4 nitrogen and oxygen atoms in total. The van der Waals surface area contributed by atoms with Gasteiger partial charge in [0, 0.05) is 16.4 Å². The van der Waals surface area contributed by atoms with Gasteiger partial charge in [-0.3, -0.25) is 0 Å². The third-order valence-corrected chi connectivity index (χ3v) is 7.86. The first kappa shape index (κ1) is 17.8. The fraction of sp³-hybridized carbons (Fsp3) is 0.478. The number of hydrogen-bond acceptors (Lipinski definition) is 5. The van der Waals surface area contributed by atoms with Crippen molar-refractivity contribution >= 4 is 23.0 Å². The van der Waals surface area contributed by atoms with E-state index in [2.05, 4.69) is 11.4 Å². The van der Waals surface area contributed by atoms with Gasteiger partial charge in [-0.15, -0.1) is 11.3 Å². The van der Waals surface area contributed by atoms with Gasteiger partial charge in [0.1, 0.15) is 11.1 Å². The minimum absolute atomic E-state index is 0.0515. The van der Waals surface area contributed by atoms with Crippen LogP contribution in [0, 0.1) is 29.1 Å². The van der Waals surface area contributed by atoms with Gasteiger partial charge in [0.25, 0.3) is 0 Å². The monoisotopic (exact) mass is 392 g/mol. The molecule has 4 aliphatic rings. The number of nitriles is 1. The predicted octanol–water partition coefficient (Wildman–Crippen LogP) is 5.39. The van der Waals surface area contributed by atoms with Gasteiger partial charge in [-0.2, -0.15) is 5.26 Å². The molecule has 0 unspecified atom stereocenters. The van der Waals surface area contributed by atoms with Crippen LogP contribution in [0.4, 0.5) is 0 Å². The van der Waals surface area contributed by atoms with E-state index >= 15 is 0 Å². The number of phenolic OH excluding ortho intramolecular Hbond substituents is 1. The molecule has 0 spiro atoms. The molecule has 4 fully saturated rings. The van der Waals surface area contributed by atoms with Crippen LogP contribution in [0.2, 0.25) is 0 Å². The Morgan fingerprint density at radius 2 is 1.93 bits per heavy atom. The third kappa shape index (κ3) is 2.82. The molecular formula is C23H24N2O2S. The Hall–Kier alpha value is -2.32. The number of allylic oxidation sites excluding steroid dienone is 1. The van der Waals surface area contributed by atoms with Crippen LogP contribution >= 0.6 is 11.3 Å². The zero-order chi connectivity index (χ0) is 19.3. The summed E-state index contributed by atoms with van der Waals surface area (Å²) >= 11 is 1.55. The minimum atomic E-state index is 0.0515. The number of hydrogen-bond donors (Lipinski definition) is 1. The third-order valence-electron chi connectivity index (χ3n) is 6.99. The highest BCUT2D eigenvalue weighted by Gasteiger charge is 2.52. The number of methoxy groups -OCH3 is 1. The maximum atomic E-state index is 10.3. The largest absolute Gasteiger partial charge is 0.504 e. The molecule has 5 heteroatoms. The summed E-state index contributed by atoms with van der Waals surface area (Å²) in [6.45, 7) is 0. The Bertz CT molecular complexity index is 949. The van der Waals surface area contributed by atoms with E-state index in [1.54, 1.807) is 29.5 Å². The number of phenols is 1. The Labute approximate surface area is 169 Å². The molecule has 1 N–H and O–H groups in total. The van der Waals surface area contributed by atoms with Crippen LogP contribution in [0.25, 0.3) is 11.6 Å². The second kappa shape index (κ2) is 6.63. The predicted molar refractivity (Wildman–Crippen MR) is 110 cm³/mol. The number of thiazole rings is 1. The van der Waals surface area contributed by atoms with Crippen LogP contribution in [-0.4, -0.2) is 17.2 Å². The maximum absolute atomic E-state index is 10.3. The van der Waals surface area contributed by atoms with Crippen LogP contribution in [0.15, 0.2) is 23.6 Å². The van der Waals surface area contributed by atoms with Gasteiger partial charge in [-0.1, -0.05) is 12.1 Å². The number of para-hydroxylation sites is 1. The molecule has 0 aliphatic heterocycles. The van der Waals surface area contributed by atoms with Crippen molar-refractivity contribution in [3.8, 4) is 17.6 Å². The first-order valence-corrected chi connectivity index (χ1v) is 10.9. The topological polar surface area (TPSA) is 66.1 Å². The number of aromatic hydroxyl groups is 1.